The molecule has 3 nitrogen and oxygen atoms in total. The summed E-state index contributed by atoms with van der Waals surface area (Å²) in [6.45, 7) is 8.51. The van der Waals surface area contributed by atoms with Crippen molar-refractivity contribution in [2.75, 3.05) is 7.11 Å². The number of hydrogen-bond donors (Lipinski definition) is 0. The Morgan fingerprint density at radius 1 is 1.21 bits per heavy atom. The van der Waals surface area contributed by atoms with Gasteiger partial charge in [-0.2, -0.15) is 0 Å². The van der Waals surface area contributed by atoms with Gasteiger partial charge >= 0.3 is 5.97 Å². The zero-order chi connectivity index (χ0) is 14.3. The molecular formula is C15H22O3Si. The van der Waals surface area contributed by atoms with Gasteiger partial charge in [-0.1, -0.05) is 37.3 Å². The third kappa shape index (κ3) is 2.47. The number of hydrogen-bond acceptors (Lipinski definition) is 3. The third-order valence-corrected chi connectivity index (χ3v) is 4.63. The smallest absolute Gasteiger partial charge is 0.312 e. The standard InChI is InChI=1S/C15H22O3Si/c1-11-13(14(16)17-2)15(11,18-19(3,4)5)12-9-7-6-8-10-12/h6-11,13H,1-5H3/t11-,13+,15-/m0/s1. The summed E-state index contributed by atoms with van der Waals surface area (Å²) in [5.41, 5.74) is 0.596. The number of rotatable bonds is 4. The van der Waals surface area contributed by atoms with E-state index in [0.717, 1.165) is 5.56 Å². The normalized spacial score (nSPS) is 29.9. The second-order valence-electron chi connectivity index (χ2n) is 6.16. The van der Waals surface area contributed by atoms with Gasteiger partial charge in [-0.25, -0.2) is 0 Å². The molecule has 1 aliphatic carbocycles. The molecule has 1 saturated carbocycles. The largest absolute Gasteiger partial charge is 0.469 e. The van der Waals surface area contributed by atoms with Gasteiger partial charge in [0.2, 0.25) is 0 Å². The Balaban J connectivity index is 2.40. The SMILES string of the molecule is COC(=O)[C@H]1[C@H](C)[C@]1(O[Si](C)(C)C)c1ccccc1. The van der Waals surface area contributed by atoms with Crippen LogP contribution in [0.15, 0.2) is 30.3 Å². The van der Waals surface area contributed by atoms with Gasteiger partial charge < -0.3 is 9.16 Å². The first-order chi connectivity index (χ1) is 8.83. The van der Waals surface area contributed by atoms with Gasteiger partial charge in [0.05, 0.1) is 18.6 Å². The van der Waals surface area contributed by atoms with Crippen molar-refractivity contribution in [1.29, 1.82) is 0 Å². The van der Waals surface area contributed by atoms with Crippen LogP contribution >= 0.6 is 0 Å². The molecule has 2 rings (SSSR count). The minimum Gasteiger partial charge on any atom is -0.469 e. The summed E-state index contributed by atoms with van der Waals surface area (Å²) in [4.78, 5) is 12.0. The van der Waals surface area contributed by atoms with Crippen molar-refractivity contribution in [3.63, 3.8) is 0 Å². The molecule has 0 aromatic heterocycles. The highest BCUT2D eigenvalue weighted by Crippen LogP contribution is 2.62. The summed E-state index contributed by atoms with van der Waals surface area (Å²) >= 11 is 0. The average molecular weight is 278 g/mol. The first-order valence-electron chi connectivity index (χ1n) is 6.66. The van der Waals surface area contributed by atoms with Crippen LogP contribution in [-0.4, -0.2) is 21.4 Å². The van der Waals surface area contributed by atoms with Gasteiger partial charge in [0, 0.05) is 5.92 Å². The van der Waals surface area contributed by atoms with Crippen molar-refractivity contribution in [3.05, 3.63) is 35.9 Å². The van der Waals surface area contributed by atoms with Crippen molar-refractivity contribution in [2.45, 2.75) is 32.2 Å². The van der Waals surface area contributed by atoms with Crippen LogP contribution in [0.25, 0.3) is 0 Å². The number of methoxy groups -OCH3 is 1. The predicted octanol–water partition coefficient (Wildman–Crippen LogP) is 3.17. The average Bonchev–Trinajstić information content (AvgIpc) is 2.93. The van der Waals surface area contributed by atoms with Crippen molar-refractivity contribution in [2.24, 2.45) is 11.8 Å². The fraction of sp³-hybridized carbons (Fsp3) is 0.533. The maximum Gasteiger partial charge on any atom is 0.312 e. The Hall–Kier alpha value is -1.13. The number of carbonyl (C=O) groups is 1. The summed E-state index contributed by atoms with van der Waals surface area (Å²) in [5, 5.41) is 0. The lowest BCUT2D eigenvalue weighted by atomic mass is 10.0. The predicted molar refractivity (Wildman–Crippen MR) is 77.2 cm³/mol. The topological polar surface area (TPSA) is 35.5 Å². The zero-order valence-electron chi connectivity index (χ0n) is 12.3. The Labute approximate surface area is 116 Å². The van der Waals surface area contributed by atoms with Crippen molar-refractivity contribution in [1.82, 2.24) is 0 Å². The van der Waals surface area contributed by atoms with Gasteiger partial charge in [0.25, 0.3) is 0 Å². The number of carbonyl (C=O) groups excluding carboxylic acids is 1. The van der Waals surface area contributed by atoms with E-state index in [-0.39, 0.29) is 17.8 Å². The highest BCUT2D eigenvalue weighted by atomic mass is 28.4. The maximum atomic E-state index is 12.0. The Morgan fingerprint density at radius 3 is 2.26 bits per heavy atom. The van der Waals surface area contributed by atoms with Gasteiger partial charge in [0.15, 0.2) is 8.32 Å². The van der Waals surface area contributed by atoms with E-state index in [1.807, 2.05) is 30.3 Å². The molecule has 0 bridgehead atoms. The monoisotopic (exact) mass is 278 g/mol. The molecule has 0 amide bonds. The lowest BCUT2D eigenvalue weighted by Crippen LogP contribution is -2.35. The van der Waals surface area contributed by atoms with Crippen LogP contribution in [-0.2, 0) is 19.6 Å². The quantitative estimate of drug-likeness (QED) is 0.627. The molecule has 104 valence electrons. The lowest BCUT2D eigenvalue weighted by Gasteiger charge is -2.28. The van der Waals surface area contributed by atoms with Crippen LogP contribution < -0.4 is 0 Å². The van der Waals surface area contributed by atoms with Gasteiger partial charge in [-0.05, 0) is 25.2 Å². The lowest BCUT2D eigenvalue weighted by molar-refractivity contribution is -0.144. The van der Waals surface area contributed by atoms with E-state index in [4.69, 9.17) is 9.16 Å². The molecule has 1 fully saturated rings. The molecule has 1 aliphatic rings. The molecule has 19 heavy (non-hydrogen) atoms. The minimum absolute atomic E-state index is 0.161. The number of esters is 1. The van der Waals surface area contributed by atoms with Crippen LogP contribution in [0.3, 0.4) is 0 Å². The van der Waals surface area contributed by atoms with E-state index < -0.39 is 13.9 Å². The minimum atomic E-state index is -1.76. The zero-order valence-corrected chi connectivity index (χ0v) is 13.3. The van der Waals surface area contributed by atoms with E-state index in [9.17, 15) is 4.79 Å². The molecular weight excluding hydrogens is 256 g/mol. The molecule has 1 aromatic rings. The van der Waals surface area contributed by atoms with Crippen LogP contribution in [0.5, 0.6) is 0 Å². The van der Waals surface area contributed by atoms with E-state index in [2.05, 4.69) is 26.6 Å². The van der Waals surface area contributed by atoms with Crippen LogP contribution in [0, 0.1) is 11.8 Å². The summed E-state index contributed by atoms with van der Waals surface area (Å²) in [6, 6.07) is 10.0. The number of benzene rings is 1. The summed E-state index contributed by atoms with van der Waals surface area (Å²) in [5.74, 6) is -0.199. The fourth-order valence-electron chi connectivity index (χ4n) is 2.90. The Kier molecular flexibility index (Phi) is 3.58. The summed E-state index contributed by atoms with van der Waals surface area (Å²) < 4.78 is 11.3. The van der Waals surface area contributed by atoms with Crippen LogP contribution in [0.4, 0.5) is 0 Å². The first-order valence-corrected chi connectivity index (χ1v) is 10.1. The molecule has 0 saturated heterocycles. The molecule has 0 unspecified atom stereocenters. The molecule has 1 aromatic carbocycles. The highest BCUT2D eigenvalue weighted by molar-refractivity contribution is 6.69. The van der Waals surface area contributed by atoms with Crippen molar-refractivity contribution < 1.29 is 14.0 Å². The van der Waals surface area contributed by atoms with Crippen LogP contribution in [0.2, 0.25) is 19.6 Å². The molecule has 3 atom stereocenters. The van der Waals surface area contributed by atoms with Crippen molar-refractivity contribution >= 4 is 14.3 Å². The fourth-order valence-corrected chi connectivity index (χ4v) is 4.34. The van der Waals surface area contributed by atoms with Crippen LogP contribution in [0.1, 0.15) is 12.5 Å². The van der Waals surface area contributed by atoms with Crippen molar-refractivity contribution in [3.8, 4) is 0 Å². The first kappa shape index (κ1) is 14.3. The Morgan fingerprint density at radius 2 is 1.79 bits per heavy atom. The van der Waals surface area contributed by atoms with E-state index in [1.54, 1.807) is 0 Å². The second-order valence-corrected chi connectivity index (χ2v) is 10.6. The van der Waals surface area contributed by atoms with Gasteiger partial charge in [0.1, 0.15) is 0 Å². The molecule has 0 aliphatic heterocycles. The highest BCUT2D eigenvalue weighted by Gasteiger charge is 2.69. The molecule has 0 radical (unpaired) electrons. The van der Waals surface area contributed by atoms with Gasteiger partial charge in [-0.3, -0.25) is 4.79 Å². The molecule has 0 heterocycles. The van der Waals surface area contributed by atoms with E-state index >= 15 is 0 Å². The van der Waals surface area contributed by atoms with E-state index in [0.29, 0.717) is 0 Å². The van der Waals surface area contributed by atoms with Gasteiger partial charge in [-0.15, -0.1) is 0 Å². The molecule has 0 spiro atoms. The van der Waals surface area contributed by atoms with E-state index in [1.165, 1.54) is 7.11 Å². The number of ether oxygens (including phenoxy) is 1. The third-order valence-electron chi connectivity index (χ3n) is 3.68. The second kappa shape index (κ2) is 4.76. The Bertz CT molecular complexity index is 466. The summed E-state index contributed by atoms with van der Waals surface area (Å²) in [7, 11) is -0.321. The summed E-state index contributed by atoms with van der Waals surface area (Å²) in [6.07, 6.45) is 0. The molecule has 4 heteroatoms. The maximum absolute atomic E-state index is 12.0. The molecule has 0 N–H and O–H groups in total.